The minimum Gasteiger partial charge on any atom is -0.494 e. The fourth-order valence-electron chi connectivity index (χ4n) is 7.37. The molecule has 6 rings (SSSR count). The lowest BCUT2D eigenvalue weighted by molar-refractivity contribution is -0.138. The Morgan fingerprint density at radius 3 is 1.33 bits per heavy atom. The maximum Gasteiger partial charge on any atom is 0.343 e. The van der Waals surface area contributed by atoms with Gasteiger partial charge in [0, 0.05) is 12.2 Å². The summed E-state index contributed by atoms with van der Waals surface area (Å²) >= 11 is 0. The van der Waals surface area contributed by atoms with Gasteiger partial charge in [0.25, 0.3) is 0 Å². The summed E-state index contributed by atoms with van der Waals surface area (Å²) in [4.78, 5) is 49.9. The predicted molar refractivity (Wildman–Crippen MR) is 251 cm³/mol. The van der Waals surface area contributed by atoms with Crippen molar-refractivity contribution in [2.24, 2.45) is 0 Å². The minimum absolute atomic E-state index is 0.0243. The first-order valence-electron chi connectivity index (χ1n) is 22.0. The SMILES string of the molecule is C=CC(=O)OCCCCCCOc1ccc2cc(C(=O)Oc3c(OC(=O)c4ccc5cc(OCCCCCCOC(=O)C=C)ccc5c4)c(O)n(Cc4cc(C)cc(C)c4)c3O)ccc2c1. The Kier molecular flexibility index (Phi) is 17.0. The largest absolute Gasteiger partial charge is 0.494 e. The molecule has 0 atom stereocenters. The molecule has 2 N–H and O–H groups in total. The number of ether oxygens (including phenoxy) is 6. The molecule has 0 aliphatic rings. The Morgan fingerprint density at radius 2 is 0.909 bits per heavy atom. The Balaban J connectivity index is 1.12. The zero-order valence-corrected chi connectivity index (χ0v) is 37.3. The number of esters is 4. The molecule has 66 heavy (non-hydrogen) atoms. The second-order valence-electron chi connectivity index (χ2n) is 15.9. The average molecular weight is 898 g/mol. The average Bonchev–Trinajstić information content (AvgIpc) is 3.52. The number of nitrogens with zero attached hydrogens (tertiary/aromatic N) is 1. The zero-order valence-electron chi connectivity index (χ0n) is 37.3. The van der Waals surface area contributed by atoms with E-state index in [9.17, 15) is 29.4 Å². The third kappa shape index (κ3) is 13.3. The Morgan fingerprint density at radius 1 is 0.515 bits per heavy atom. The first kappa shape index (κ1) is 47.9. The van der Waals surface area contributed by atoms with Gasteiger partial charge in [-0.1, -0.05) is 66.7 Å². The van der Waals surface area contributed by atoms with Crippen LogP contribution in [-0.2, 0) is 25.6 Å². The van der Waals surface area contributed by atoms with Crippen LogP contribution in [0.3, 0.4) is 0 Å². The molecule has 0 unspecified atom stereocenters. The summed E-state index contributed by atoms with van der Waals surface area (Å²) in [6.07, 6.45) is 9.11. The number of carbonyl (C=O) groups excluding carboxylic acids is 4. The van der Waals surface area contributed by atoms with Gasteiger partial charge in [-0.05, 0) is 141 Å². The molecular weight excluding hydrogens is 843 g/mol. The summed E-state index contributed by atoms with van der Waals surface area (Å²) in [5.74, 6) is -3.48. The maximum atomic E-state index is 13.8. The van der Waals surface area contributed by atoms with Crippen LogP contribution in [0.25, 0.3) is 21.5 Å². The Bertz CT molecular complexity index is 2540. The normalized spacial score (nSPS) is 10.9. The van der Waals surface area contributed by atoms with Crippen LogP contribution in [0.4, 0.5) is 0 Å². The second kappa shape index (κ2) is 23.4. The predicted octanol–water partition coefficient (Wildman–Crippen LogP) is 10.6. The van der Waals surface area contributed by atoms with Crippen LogP contribution in [0.2, 0.25) is 0 Å². The Hall–Kier alpha value is -7.54. The lowest BCUT2D eigenvalue weighted by atomic mass is 10.1. The van der Waals surface area contributed by atoms with Gasteiger partial charge in [-0.15, -0.1) is 0 Å². The molecule has 0 amide bonds. The molecule has 0 fully saturated rings. The van der Waals surface area contributed by atoms with Gasteiger partial charge in [-0.25, -0.2) is 19.2 Å². The molecule has 0 aliphatic carbocycles. The first-order valence-corrected chi connectivity index (χ1v) is 22.0. The van der Waals surface area contributed by atoms with Crippen LogP contribution >= 0.6 is 0 Å². The minimum atomic E-state index is -0.858. The van der Waals surface area contributed by atoms with Crippen molar-refractivity contribution in [1.82, 2.24) is 4.57 Å². The van der Waals surface area contributed by atoms with E-state index in [1.807, 2.05) is 56.3 Å². The van der Waals surface area contributed by atoms with Gasteiger partial charge in [0.1, 0.15) is 11.5 Å². The van der Waals surface area contributed by atoms with Crippen LogP contribution in [0.5, 0.6) is 34.8 Å². The smallest absolute Gasteiger partial charge is 0.343 e. The summed E-state index contributed by atoms with van der Waals surface area (Å²) in [5.41, 5.74) is 2.97. The number of fused-ring (bicyclic) bond motifs is 2. The van der Waals surface area contributed by atoms with Gasteiger partial charge < -0.3 is 38.6 Å². The highest BCUT2D eigenvalue weighted by Gasteiger charge is 2.31. The summed E-state index contributed by atoms with van der Waals surface area (Å²) in [6, 6.07) is 26.7. The molecular formula is C53H55NO12. The van der Waals surface area contributed by atoms with E-state index < -0.39 is 47.1 Å². The first-order chi connectivity index (χ1) is 31.9. The van der Waals surface area contributed by atoms with Crippen molar-refractivity contribution in [3.05, 3.63) is 144 Å². The maximum absolute atomic E-state index is 13.8. The van der Waals surface area contributed by atoms with E-state index >= 15 is 0 Å². The van der Waals surface area contributed by atoms with Gasteiger partial charge in [0.15, 0.2) is 0 Å². The number of aromatic hydroxyl groups is 2. The molecule has 13 nitrogen and oxygen atoms in total. The topological polar surface area (TPSA) is 169 Å². The van der Waals surface area contributed by atoms with Crippen LogP contribution in [0.1, 0.15) is 88.8 Å². The van der Waals surface area contributed by atoms with Crippen molar-refractivity contribution in [2.75, 3.05) is 26.4 Å². The molecule has 0 aliphatic heterocycles. The summed E-state index contributed by atoms with van der Waals surface area (Å²) < 4.78 is 34.5. The molecule has 0 spiro atoms. The van der Waals surface area contributed by atoms with Gasteiger partial charge in [-0.3, -0.25) is 4.57 Å². The van der Waals surface area contributed by atoms with E-state index in [2.05, 4.69) is 13.2 Å². The highest BCUT2D eigenvalue weighted by molar-refractivity contribution is 5.99. The van der Waals surface area contributed by atoms with Gasteiger partial charge in [0.2, 0.25) is 23.3 Å². The Labute approximate surface area is 383 Å². The third-order valence-electron chi connectivity index (χ3n) is 10.7. The van der Waals surface area contributed by atoms with Crippen molar-refractivity contribution in [3.63, 3.8) is 0 Å². The van der Waals surface area contributed by atoms with Gasteiger partial charge in [-0.2, -0.15) is 0 Å². The van der Waals surface area contributed by atoms with Crippen LogP contribution < -0.4 is 18.9 Å². The molecule has 0 bridgehead atoms. The standard InChI is InChI=1S/C53H55NO12/c1-5-46(55)63-25-13-9-7-11-23-61-44-21-19-38-30-42(17-15-40(38)32-44)52(59)65-48-49(51(58)54(50(48)57)34-37-28-35(3)27-36(4)29-37)66-53(60)43-18-16-41-33-45(22-20-39(41)31-43)62-24-12-8-10-14-26-64-47(56)6-2/h5-6,15-22,27-33,57-58H,1-2,7-14,23-26,34H2,3-4H3. The molecule has 5 aromatic carbocycles. The zero-order chi connectivity index (χ0) is 47.0. The summed E-state index contributed by atoms with van der Waals surface area (Å²) in [6.45, 7) is 12.3. The molecule has 1 heterocycles. The molecule has 1 aromatic heterocycles. The number of aromatic nitrogens is 1. The highest BCUT2D eigenvalue weighted by Crippen LogP contribution is 2.48. The molecule has 6 aromatic rings. The third-order valence-corrected chi connectivity index (χ3v) is 10.7. The van der Waals surface area contributed by atoms with Crippen molar-refractivity contribution < 1.29 is 57.8 Å². The molecule has 13 heteroatoms. The van der Waals surface area contributed by atoms with E-state index in [1.165, 1.54) is 0 Å². The number of aryl methyl sites for hydroxylation is 2. The van der Waals surface area contributed by atoms with E-state index in [-0.39, 0.29) is 17.7 Å². The molecule has 0 saturated carbocycles. The van der Waals surface area contributed by atoms with E-state index in [0.717, 1.165) is 106 Å². The van der Waals surface area contributed by atoms with Crippen LogP contribution in [0, 0.1) is 13.8 Å². The molecule has 344 valence electrons. The van der Waals surface area contributed by atoms with Crippen LogP contribution in [-0.4, -0.2) is 65.1 Å². The van der Waals surface area contributed by atoms with E-state index in [4.69, 9.17) is 28.4 Å². The highest BCUT2D eigenvalue weighted by atomic mass is 16.6. The van der Waals surface area contributed by atoms with Gasteiger partial charge >= 0.3 is 23.9 Å². The van der Waals surface area contributed by atoms with Crippen molar-refractivity contribution in [3.8, 4) is 34.8 Å². The second-order valence-corrected chi connectivity index (χ2v) is 15.9. The lowest BCUT2D eigenvalue weighted by Gasteiger charge is -2.10. The number of hydrogen-bond donors (Lipinski definition) is 2. The summed E-state index contributed by atoms with van der Waals surface area (Å²) in [7, 11) is 0. The summed E-state index contributed by atoms with van der Waals surface area (Å²) in [5, 5.41) is 26.1. The number of benzene rings is 5. The van der Waals surface area contributed by atoms with E-state index in [1.54, 1.807) is 48.5 Å². The van der Waals surface area contributed by atoms with E-state index in [0.29, 0.717) is 37.9 Å². The quantitative estimate of drug-likeness (QED) is 0.0335. The number of carbonyl (C=O) groups is 4. The number of unbranched alkanes of at least 4 members (excludes halogenated alkanes) is 6. The fourth-order valence-corrected chi connectivity index (χ4v) is 7.37. The fraction of sp³-hybridized carbons (Fsp3) is 0.283. The molecule has 0 saturated heterocycles. The van der Waals surface area contributed by atoms with Gasteiger partial charge in [0.05, 0.1) is 44.1 Å². The van der Waals surface area contributed by atoms with Crippen molar-refractivity contribution in [1.29, 1.82) is 0 Å². The van der Waals surface area contributed by atoms with Crippen molar-refractivity contribution >= 4 is 45.4 Å². The lowest BCUT2D eigenvalue weighted by Crippen LogP contribution is -2.12. The van der Waals surface area contributed by atoms with Crippen LogP contribution in [0.15, 0.2) is 116 Å². The number of rotatable bonds is 24. The molecule has 0 radical (unpaired) electrons. The van der Waals surface area contributed by atoms with Crippen molar-refractivity contribution in [2.45, 2.75) is 71.8 Å². The monoisotopic (exact) mass is 897 g/mol. The number of hydrogen-bond acceptors (Lipinski definition) is 12.